The summed E-state index contributed by atoms with van der Waals surface area (Å²) in [5.41, 5.74) is 3.52. The van der Waals surface area contributed by atoms with Gasteiger partial charge in [0, 0.05) is 17.3 Å². The number of allylic oxidation sites excluding steroid dienone is 2. The average Bonchev–Trinajstić information content (AvgIpc) is 3.04. The smallest absolute Gasteiger partial charge is 0.340 e. The van der Waals surface area contributed by atoms with Gasteiger partial charge in [-0.05, 0) is 42.3 Å². The van der Waals surface area contributed by atoms with Gasteiger partial charge < -0.3 is 14.6 Å². The molecule has 6 nitrogen and oxygen atoms in total. The number of aromatic hydroxyl groups is 1. The van der Waals surface area contributed by atoms with E-state index in [4.69, 9.17) is 9.47 Å². The summed E-state index contributed by atoms with van der Waals surface area (Å²) in [7, 11) is 2.83. The molecule has 0 spiro atoms. The van der Waals surface area contributed by atoms with Crippen LogP contribution in [0.2, 0.25) is 0 Å². The second-order valence-electron chi connectivity index (χ2n) is 7.07. The molecule has 1 aliphatic carbocycles. The molecule has 0 unspecified atom stereocenters. The molecule has 3 aromatic rings. The second-order valence-corrected chi connectivity index (χ2v) is 7.07. The normalized spacial score (nSPS) is 13.9. The van der Waals surface area contributed by atoms with Crippen molar-refractivity contribution >= 4 is 29.5 Å². The van der Waals surface area contributed by atoms with E-state index in [1.807, 2.05) is 24.3 Å². The molecule has 2 aromatic carbocycles. The summed E-state index contributed by atoms with van der Waals surface area (Å²) in [5.74, 6) is -0.376. The van der Waals surface area contributed by atoms with Gasteiger partial charge in [-0.1, -0.05) is 36.4 Å². The molecule has 31 heavy (non-hydrogen) atoms. The lowest BCUT2D eigenvalue weighted by Crippen LogP contribution is -2.07. The summed E-state index contributed by atoms with van der Waals surface area (Å²) < 4.78 is 11.8. The van der Waals surface area contributed by atoms with Crippen molar-refractivity contribution in [2.75, 3.05) is 14.2 Å². The zero-order valence-electron chi connectivity index (χ0n) is 17.4. The lowest BCUT2D eigenvalue weighted by atomic mass is 9.90. The molecule has 0 amide bonds. The maximum atomic E-state index is 12.7. The van der Waals surface area contributed by atoms with Gasteiger partial charge in [-0.25, -0.2) is 4.79 Å². The molecule has 156 valence electrons. The molecule has 0 saturated carbocycles. The van der Waals surface area contributed by atoms with E-state index in [1.165, 1.54) is 17.8 Å². The molecule has 1 aromatic heterocycles. The van der Waals surface area contributed by atoms with Crippen molar-refractivity contribution in [3.8, 4) is 17.3 Å². The number of carbonyl (C=O) groups excluding carboxylic acids is 2. The van der Waals surface area contributed by atoms with Crippen molar-refractivity contribution in [1.29, 1.82) is 0 Å². The Morgan fingerprint density at radius 2 is 1.84 bits per heavy atom. The summed E-state index contributed by atoms with van der Waals surface area (Å²) in [6.07, 6.45) is 4.79. The molecular formula is C25H21NO5. The van der Waals surface area contributed by atoms with Gasteiger partial charge in [0.15, 0.2) is 5.78 Å². The summed E-state index contributed by atoms with van der Waals surface area (Å²) >= 11 is 0. The van der Waals surface area contributed by atoms with Crippen molar-refractivity contribution in [1.82, 2.24) is 4.57 Å². The SMILES string of the molecule is COC(=O)c1c(C=C2C(=O)C=Cc3ccccc32)c(O)n(-c2cccc(OC)c2)c1C. The molecule has 1 heterocycles. The third-order valence-electron chi connectivity index (χ3n) is 5.34. The summed E-state index contributed by atoms with van der Waals surface area (Å²) in [6.45, 7) is 1.71. The fraction of sp³-hybridized carbons (Fsp3) is 0.120. The number of aromatic nitrogens is 1. The van der Waals surface area contributed by atoms with Crippen molar-refractivity contribution in [3.05, 3.63) is 82.6 Å². The minimum Gasteiger partial charge on any atom is -0.497 e. The highest BCUT2D eigenvalue weighted by atomic mass is 16.5. The van der Waals surface area contributed by atoms with Crippen LogP contribution < -0.4 is 4.74 Å². The van der Waals surface area contributed by atoms with Crippen molar-refractivity contribution in [2.24, 2.45) is 0 Å². The van der Waals surface area contributed by atoms with Crippen LogP contribution in [0.25, 0.3) is 23.4 Å². The van der Waals surface area contributed by atoms with Crippen molar-refractivity contribution in [3.63, 3.8) is 0 Å². The summed E-state index contributed by atoms with van der Waals surface area (Å²) in [6, 6.07) is 14.6. The molecule has 1 N–H and O–H groups in total. The fourth-order valence-electron chi connectivity index (χ4n) is 3.83. The van der Waals surface area contributed by atoms with Gasteiger partial charge >= 0.3 is 5.97 Å². The Balaban J connectivity index is 1.98. The van der Waals surface area contributed by atoms with Crippen molar-refractivity contribution < 1.29 is 24.2 Å². The molecule has 6 heteroatoms. The van der Waals surface area contributed by atoms with Gasteiger partial charge in [0.2, 0.25) is 5.88 Å². The number of hydrogen-bond donors (Lipinski definition) is 1. The van der Waals surface area contributed by atoms with E-state index < -0.39 is 5.97 Å². The minimum absolute atomic E-state index is 0.168. The van der Waals surface area contributed by atoms with E-state index >= 15 is 0 Å². The van der Waals surface area contributed by atoms with Gasteiger partial charge in [-0.15, -0.1) is 0 Å². The van der Waals surface area contributed by atoms with Crippen molar-refractivity contribution in [2.45, 2.75) is 6.92 Å². The zero-order valence-corrected chi connectivity index (χ0v) is 17.4. The first-order valence-corrected chi connectivity index (χ1v) is 9.66. The molecule has 4 rings (SSSR count). The lowest BCUT2D eigenvalue weighted by Gasteiger charge is -2.13. The van der Waals surface area contributed by atoms with Crippen LogP contribution >= 0.6 is 0 Å². The van der Waals surface area contributed by atoms with E-state index in [-0.39, 0.29) is 22.8 Å². The van der Waals surface area contributed by atoms with Gasteiger partial charge in [0.25, 0.3) is 0 Å². The number of nitrogens with zero attached hydrogens (tertiary/aromatic N) is 1. The predicted octanol–water partition coefficient (Wildman–Crippen LogP) is 4.42. The molecule has 0 saturated heterocycles. The first-order chi connectivity index (χ1) is 15.0. The van der Waals surface area contributed by atoms with Crippen LogP contribution in [0.4, 0.5) is 0 Å². The fourth-order valence-corrected chi connectivity index (χ4v) is 3.83. The predicted molar refractivity (Wildman–Crippen MR) is 118 cm³/mol. The largest absolute Gasteiger partial charge is 0.497 e. The van der Waals surface area contributed by atoms with E-state index in [0.29, 0.717) is 22.7 Å². The number of hydrogen-bond acceptors (Lipinski definition) is 5. The van der Waals surface area contributed by atoms with E-state index in [9.17, 15) is 14.7 Å². The molecule has 0 atom stereocenters. The Morgan fingerprint density at radius 3 is 2.58 bits per heavy atom. The van der Waals surface area contributed by atoms with Crippen LogP contribution in [0.1, 0.15) is 32.7 Å². The number of rotatable bonds is 4. The Kier molecular flexibility index (Phi) is 5.21. The van der Waals surface area contributed by atoms with Gasteiger partial charge in [-0.2, -0.15) is 0 Å². The number of methoxy groups -OCH3 is 2. The Hall–Kier alpha value is -4.06. The zero-order chi connectivity index (χ0) is 22.1. The van der Waals surface area contributed by atoms with E-state index in [0.717, 1.165) is 11.1 Å². The minimum atomic E-state index is -0.603. The first kappa shape index (κ1) is 20.2. The van der Waals surface area contributed by atoms with Crippen LogP contribution in [0.3, 0.4) is 0 Å². The molecule has 0 aliphatic heterocycles. The van der Waals surface area contributed by atoms with Gasteiger partial charge in [0.1, 0.15) is 5.75 Å². The quantitative estimate of drug-likeness (QED) is 0.504. The third-order valence-corrected chi connectivity index (χ3v) is 5.34. The Bertz CT molecular complexity index is 1260. The van der Waals surface area contributed by atoms with Crippen LogP contribution in [-0.4, -0.2) is 35.6 Å². The first-order valence-electron chi connectivity index (χ1n) is 9.66. The average molecular weight is 415 g/mol. The maximum absolute atomic E-state index is 12.7. The van der Waals surface area contributed by atoms with Crippen LogP contribution in [0.5, 0.6) is 11.6 Å². The highest BCUT2D eigenvalue weighted by molar-refractivity contribution is 6.33. The van der Waals surface area contributed by atoms with E-state index in [2.05, 4.69) is 0 Å². The molecular weight excluding hydrogens is 394 g/mol. The third kappa shape index (κ3) is 3.42. The number of ketones is 1. The molecule has 0 fully saturated rings. The van der Waals surface area contributed by atoms with Crippen LogP contribution in [-0.2, 0) is 9.53 Å². The standard InChI is InChI=1S/C25H21NO5/c1-15-23(25(29)31-3)21(24(28)26(15)17-8-6-9-18(13-17)30-2)14-20-19-10-5-4-7-16(19)11-12-22(20)27/h4-14,28H,1-3H3. The highest BCUT2D eigenvalue weighted by Gasteiger charge is 2.27. The van der Waals surface area contributed by atoms with Crippen LogP contribution in [0.15, 0.2) is 54.6 Å². The Morgan fingerprint density at radius 1 is 1.06 bits per heavy atom. The molecule has 0 bridgehead atoms. The number of ether oxygens (including phenoxy) is 2. The number of carbonyl (C=O) groups is 2. The topological polar surface area (TPSA) is 77.8 Å². The number of benzene rings is 2. The van der Waals surface area contributed by atoms with E-state index in [1.54, 1.807) is 50.5 Å². The summed E-state index contributed by atoms with van der Waals surface area (Å²) in [5, 5.41) is 11.2. The molecule has 1 aliphatic rings. The van der Waals surface area contributed by atoms with Crippen LogP contribution in [0, 0.1) is 6.92 Å². The van der Waals surface area contributed by atoms with Gasteiger partial charge in [-0.3, -0.25) is 9.36 Å². The lowest BCUT2D eigenvalue weighted by molar-refractivity contribution is -0.109. The second kappa shape index (κ2) is 7.99. The maximum Gasteiger partial charge on any atom is 0.340 e. The monoisotopic (exact) mass is 415 g/mol. The number of fused-ring (bicyclic) bond motifs is 1. The number of esters is 1. The Labute approximate surface area is 179 Å². The van der Waals surface area contributed by atoms with Gasteiger partial charge in [0.05, 0.1) is 31.0 Å². The summed E-state index contributed by atoms with van der Waals surface area (Å²) in [4.78, 5) is 25.3. The highest BCUT2D eigenvalue weighted by Crippen LogP contribution is 2.37. The molecule has 0 radical (unpaired) electrons.